The minimum atomic E-state index is -3.72. The molecule has 0 aliphatic rings. The monoisotopic (exact) mass is 554 g/mol. The third kappa shape index (κ3) is 8.28. The maximum Gasteiger partial charge on any atom is 0.312 e. The van der Waals surface area contributed by atoms with Gasteiger partial charge in [-0.3, -0.25) is 9.59 Å². The Morgan fingerprint density at radius 2 is 1.64 bits per heavy atom. The van der Waals surface area contributed by atoms with Crippen LogP contribution in [0.4, 0.5) is 10.5 Å². The van der Waals surface area contributed by atoms with Gasteiger partial charge in [-0.05, 0) is 54.4 Å². The van der Waals surface area contributed by atoms with Crippen LogP contribution in [0.5, 0.6) is 11.5 Å². The zero-order valence-electron chi connectivity index (χ0n) is 21.7. The maximum atomic E-state index is 12.5. The zero-order chi connectivity index (χ0) is 28.6. The molecule has 0 spiro atoms. The Hall–Kier alpha value is -4.42. The highest BCUT2D eigenvalue weighted by Crippen LogP contribution is 2.26. The molecule has 3 aromatic carbocycles. The normalized spacial score (nSPS) is 11.9. The van der Waals surface area contributed by atoms with Crippen molar-refractivity contribution >= 4 is 33.6 Å². The number of nitrogens with zero attached hydrogens (tertiary/aromatic N) is 1. The summed E-state index contributed by atoms with van der Waals surface area (Å²) >= 11 is 0. The molecule has 0 heterocycles. The lowest BCUT2D eigenvalue weighted by Gasteiger charge is -2.18. The van der Waals surface area contributed by atoms with Crippen molar-refractivity contribution in [2.75, 3.05) is 26.0 Å². The van der Waals surface area contributed by atoms with Crippen molar-refractivity contribution < 1.29 is 32.3 Å². The fourth-order valence-corrected chi connectivity index (χ4v) is 4.71. The van der Waals surface area contributed by atoms with E-state index in [2.05, 4.69) is 10.6 Å². The highest BCUT2D eigenvalue weighted by Gasteiger charge is 2.22. The van der Waals surface area contributed by atoms with Crippen molar-refractivity contribution in [1.29, 1.82) is 0 Å². The number of rotatable bonds is 11. The van der Waals surface area contributed by atoms with Gasteiger partial charge >= 0.3 is 12.0 Å². The number of para-hydroxylation sites is 1. The van der Waals surface area contributed by atoms with Crippen molar-refractivity contribution in [2.45, 2.75) is 24.3 Å². The van der Waals surface area contributed by atoms with E-state index in [0.29, 0.717) is 22.6 Å². The van der Waals surface area contributed by atoms with Crippen LogP contribution in [0.1, 0.15) is 23.6 Å². The van der Waals surface area contributed by atoms with Gasteiger partial charge in [0, 0.05) is 19.8 Å². The second kappa shape index (κ2) is 12.9. The van der Waals surface area contributed by atoms with E-state index in [1.54, 1.807) is 55.5 Å². The number of hydrogen-bond donors (Lipinski definition) is 3. The predicted octanol–water partition coefficient (Wildman–Crippen LogP) is 3.32. The highest BCUT2D eigenvalue weighted by molar-refractivity contribution is 7.89. The van der Waals surface area contributed by atoms with Crippen LogP contribution in [-0.4, -0.2) is 51.3 Å². The SMILES string of the molecule is Cc1ccc(NC(=O)COC(=O)CC(NC(N)=O)c2cccc(Oc3ccccc3)c2)cc1S(=O)(=O)N(C)C. The van der Waals surface area contributed by atoms with Crippen molar-refractivity contribution in [3.8, 4) is 11.5 Å². The van der Waals surface area contributed by atoms with E-state index in [0.717, 1.165) is 4.31 Å². The van der Waals surface area contributed by atoms with Gasteiger partial charge in [0.25, 0.3) is 5.91 Å². The molecule has 0 fully saturated rings. The maximum absolute atomic E-state index is 12.5. The summed E-state index contributed by atoms with van der Waals surface area (Å²) in [7, 11) is -0.901. The Kier molecular flexibility index (Phi) is 9.63. The topological polar surface area (TPSA) is 157 Å². The van der Waals surface area contributed by atoms with E-state index in [4.69, 9.17) is 15.2 Å². The van der Waals surface area contributed by atoms with Crippen LogP contribution in [0.2, 0.25) is 0 Å². The molecule has 12 heteroatoms. The summed E-state index contributed by atoms with van der Waals surface area (Å²) in [6.07, 6.45) is -0.305. The fraction of sp³-hybridized carbons (Fsp3) is 0.222. The molecule has 0 bridgehead atoms. The largest absolute Gasteiger partial charge is 0.457 e. The van der Waals surface area contributed by atoms with Gasteiger partial charge in [-0.25, -0.2) is 17.5 Å². The second-order valence-electron chi connectivity index (χ2n) is 8.73. The lowest BCUT2D eigenvalue weighted by atomic mass is 10.0. The number of nitrogens with two attached hydrogens (primary N) is 1. The number of aryl methyl sites for hydroxylation is 1. The minimum Gasteiger partial charge on any atom is -0.457 e. The molecular formula is C27H30N4O7S. The summed E-state index contributed by atoms with van der Waals surface area (Å²) in [5.41, 5.74) is 6.59. The van der Waals surface area contributed by atoms with E-state index in [9.17, 15) is 22.8 Å². The molecule has 1 atom stereocenters. The molecule has 0 aromatic heterocycles. The van der Waals surface area contributed by atoms with Crippen molar-refractivity contribution in [1.82, 2.24) is 9.62 Å². The van der Waals surface area contributed by atoms with Crippen molar-refractivity contribution in [3.63, 3.8) is 0 Å². The quantitative estimate of drug-likeness (QED) is 0.307. The number of carbonyl (C=O) groups excluding carboxylic acids is 3. The number of primary amides is 1. The number of hydrogen-bond acceptors (Lipinski definition) is 7. The molecule has 1 unspecified atom stereocenters. The van der Waals surface area contributed by atoms with Gasteiger partial charge in [0.2, 0.25) is 10.0 Å². The molecular weight excluding hydrogens is 524 g/mol. The van der Waals surface area contributed by atoms with Gasteiger partial charge in [0.15, 0.2) is 6.61 Å². The molecule has 0 radical (unpaired) electrons. The number of benzene rings is 3. The first-order chi connectivity index (χ1) is 18.5. The van der Waals surface area contributed by atoms with Gasteiger partial charge in [-0.1, -0.05) is 36.4 Å². The van der Waals surface area contributed by atoms with Gasteiger partial charge in [-0.15, -0.1) is 0 Å². The third-order valence-electron chi connectivity index (χ3n) is 5.52. The van der Waals surface area contributed by atoms with E-state index in [1.807, 2.05) is 18.2 Å². The average Bonchev–Trinajstić information content (AvgIpc) is 2.88. The third-order valence-corrected chi connectivity index (χ3v) is 7.48. The molecule has 11 nitrogen and oxygen atoms in total. The molecule has 0 saturated carbocycles. The number of nitrogens with one attached hydrogen (secondary N) is 2. The molecule has 3 rings (SSSR count). The summed E-state index contributed by atoms with van der Waals surface area (Å²) in [6, 6.07) is 18.6. The summed E-state index contributed by atoms with van der Waals surface area (Å²) in [5, 5.41) is 5.02. The minimum absolute atomic E-state index is 0.0427. The summed E-state index contributed by atoms with van der Waals surface area (Å²) in [6.45, 7) is 1.02. The van der Waals surface area contributed by atoms with Crippen LogP contribution in [-0.2, 0) is 24.3 Å². The first-order valence-electron chi connectivity index (χ1n) is 11.8. The molecule has 0 aliphatic carbocycles. The van der Waals surface area contributed by atoms with E-state index < -0.39 is 40.6 Å². The smallest absolute Gasteiger partial charge is 0.312 e. The van der Waals surface area contributed by atoms with Crippen LogP contribution >= 0.6 is 0 Å². The molecule has 4 N–H and O–H groups in total. The van der Waals surface area contributed by atoms with Gasteiger partial charge < -0.3 is 25.8 Å². The molecule has 0 saturated heterocycles. The summed E-state index contributed by atoms with van der Waals surface area (Å²) < 4.78 is 37.0. The Labute approximate surface area is 227 Å². The Morgan fingerprint density at radius 1 is 0.949 bits per heavy atom. The first-order valence-corrected chi connectivity index (χ1v) is 13.3. The van der Waals surface area contributed by atoms with Crippen molar-refractivity contribution in [2.24, 2.45) is 5.73 Å². The number of esters is 1. The van der Waals surface area contributed by atoms with Crippen molar-refractivity contribution in [3.05, 3.63) is 83.9 Å². The Balaban J connectivity index is 1.63. The first kappa shape index (κ1) is 29.1. The van der Waals surface area contributed by atoms with Gasteiger partial charge in [-0.2, -0.15) is 0 Å². The lowest BCUT2D eigenvalue weighted by Crippen LogP contribution is -2.35. The average molecular weight is 555 g/mol. The number of ether oxygens (including phenoxy) is 2. The van der Waals surface area contributed by atoms with Gasteiger partial charge in [0.05, 0.1) is 17.4 Å². The molecule has 3 aromatic rings. The molecule has 206 valence electrons. The molecule has 3 amide bonds. The van der Waals surface area contributed by atoms with E-state index in [-0.39, 0.29) is 17.0 Å². The second-order valence-corrected chi connectivity index (χ2v) is 10.8. The predicted molar refractivity (Wildman–Crippen MR) is 145 cm³/mol. The zero-order valence-corrected chi connectivity index (χ0v) is 22.5. The highest BCUT2D eigenvalue weighted by atomic mass is 32.2. The standard InChI is InChI=1S/C27H30N4O7S/c1-18-12-13-20(15-24(18)39(35,36)31(2)3)29-25(32)17-37-26(33)16-23(30-27(28)34)19-8-7-11-22(14-19)38-21-9-5-4-6-10-21/h4-15,23H,16-17H2,1-3H3,(H,29,32)(H3,28,30,34). The number of carbonyl (C=O) groups is 3. The summed E-state index contributed by atoms with van der Waals surface area (Å²) in [4.78, 5) is 36.6. The van der Waals surface area contributed by atoms with Crippen LogP contribution in [0.15, 0.2) is 77.7 Å². The number of urea groups is 1. The number of anilines is 1. The number of sulfonamides is 1. The van der Waals surface area contributed by atoms with Gasteiger partial charge in [0.1, 0.15) is 11.5 Å². The van der Waals surface area contributed by atoms with E-state index >= 15 is 0 Å². The molecule has 39 heavy (non-hydrogen) atoms. The van der Waals surface area contributed by atoms with Crippen LogP contribution in [0.3, 0.4) is 0 Å². The fourth-order valence-electron chi connectivity index (χ4n) is 3.56. The van der Waals surface area contributed by atoms with Crippen LogP contribution < -0.4 is 21.1 Å². The number of amides is 3. The van der Waals surface area contributed by atoms with Crippen LogP contribution in [0.25, 0.3) is 0 Å². The Morgan fingerprint density at radius 3 is 2.31 bits per heavy atom. The molecule has 0 aliphatic heterocycles. The van der Waals surface area contributed by atoms with E-state index in [1.165, 1.54) is 20.2 Å². The van der Waals surface area contributed by atoms with Crippen LogP contribution in [0, 0.1) is 6.92 Å². The lowest BCUT2D eigenvalue weighted by molar-refractivity contribution is -0.147. The Bertz CT molecular complexity index is 1440. The summed E-state index contributed by atoms with van der Waals surface area (Å²) in [5.74, 6) is -0.341.